The molecule has 2 aromatic rings. The van der Waals surface area contributed by atoms with E-state index in [2.05, 4.69) is 6.07 Å². The summed E-state index contributed by atoms with van der Waals surface area (Å²) < 4.78 is 44.4. The summed E-state index contributed by atoms with van der Waals surface area (Å²) in [5.41, 5.74) is 1.78. The van der Waals surface area contributed by atoms with E-state index in [1.54, 1.807) is 60.4 Å². The van der Waals surface area contributed by atoms with Crippen LogP contribution in [0.5, 0.6) is 5.75 Å². The molecule has 10 nitrogen and oxygen atoms in total. The summed E-state index contributed by atoms with van der Waals surface area (Å²) in [6.45, 7) is 10.0. The van der Waals surface area contributed by atoms with Crippen LogP contribution in [0, 0.1) is 18.3 Å². The maximum absolute atomic E-state index is 13.3. The molecule has 0 aliphatic carbocycles. The molecule has 1 fully saturated rings. The Morgan fingerprint density at radius 2 is 1.86 bits per heavy atom. The van der Waals surface area contributed by atoms with Crippen LogP contribution < -0.4 is 9.04 Å². The number of carbonyl (C=O) groups excluding carboxylic acids is 2. The monoisotopic (exact) mass is 597 g/mol. The summed E-state index contributed by atoms with van der Waals surface area (Å²) in [6.07, 6.45) is 4.22. The predicted octanol–water partition coefficient (Wildman–Crippen LogP) is 5.06. The number of anilines is 1. The van der Waals surface area contributed by atoms with Gasteiger partial charge in [0.15, 0.2) is 5.75 Å². The Hall–Kier alpha value is -4.04. The molecule has 1 aliphatic heterocycles. The molecule has 42 heavy (non-hydrogen) atoms. The molecule has 0 N–H and O–H groups in total. The van der Waals surface area contributed by atoms with Gasteiger partial charge in [0.05, 0.1) is 30.5 Å². The Kier molecular flexibility index (Phi) is 11.0. The number of hydrogen-bond acceptors (Lipinski definition) is 8. The molecule has 0 radical (unpaired) electrons. The van der Waals surface area contributed by atoms with Gasteiger partial charge in [0.2, 0.25) is 10.0 Å². The van der Waals surface area contributed by atoms with Crippen LogP contribution in [-0.4, -0.2) is 69.1 Å². The quantitative estimate of drug-likeness (QED) is 0.348. The van der Waals surface area contributed by atoms with Crippen LogP contribution in [0.4, 0.5) is 10.5 Å². The van der Waals surface area contributed by atoms with Gasteiger partial charge in [0.25, 0.3) is 0 Å². The van der Waals surface area contributed by atoms with Crippen molar-refractivity contribution in [2.75, 3.05) is 36.3 Å². The molecule has 0 spiro atoms. The lowest BCUT2D eigenvalue weighted by molar-refractivity contribution is -0.139. The van der Waals surface area contributed by atoms with Crippen molar-refractivity contribution in [3.05, 3.63) is 65.2 Å². The fraction of sp³-hybridized carbons (Fsp3) is 0.452. The van der Waals surface area contributed by atoms with Crippen molar-refractivity contribution in [3.63, 3.8) is 0 Å². The molecule has 1 saturated heterocycles. The van der Waals surface area contributed by atoms with Crippen molar-refractivity contribution in [2.45, 2.75) is 59.2 Å². The Morgan fingerprint density at radius 1 is 1.14 bits per heavy atom. The number of likely N-dealkylation sites (tertiary alicyclic amines) is 1. The zero-order valence-electron chi connectivity index (χ0n) is 24.8. The third-order valence-corrected chi connectivity index (χ3v) is 8.00. The van der Waals surface area contributed by atoms with Crippen molar-refractivity contribution in [3.8, 4) is 11.8 Å². The highest BCUT2D eigenvalue weighted by Crippen LogP contribution is 2.29. The fourth-order valence-corrected chi connectivity index (χ4v) is 5.67. The minimum absolute atomic E-state index is 0.0404. The van der Waals surface area contributed by atoms with Crippen LogP contribution in [0.3, 0.4) is 0 Å². The smallest absolute Gasteiger partial charge is 0.410 e. The van der Waals surface area contributed by atoms with Gasteiger partial charge in [0, 0.05) is 25.9 Å². The molecule has 0 bridgehead atoms. The minimum atomic E-state index is -4.08. The van der Waals surface area contributed by atoms with Gasteiger partial charge < -0.3 is 19.1 Å². The van der Waals surface area contributed by atoms with Gasteiger partial charge in [-0.3, -0.25) is 9.10 Å². The van der Waals surface area contributed by atoms with Gasteiger partial charge in [-0.25, -0.2) is 13.2 Å². The predicted molar refractivity (Wildman–Crippen MR) is 161 cm³/mol. The number of benzene rings is 2. The average Bonchev–Trinajstić information content (AvgIpc) is 2.91. The van der Waals surface area contributed by atoms with E-state index in [1.165, 1.54) is 0 Å². The Bertz CT molecular complexity index is 1430. The standard InChI is InChI=1S/C31H39N3O7S/c1-6-39-29(35)22-42(37,38)34(16-8-11-24-9-7-10-25(20-24)21-32)26-12-13-28(23(2)19-26)40-27-14-17-33(18-15-27)30(36)41-31(3,4)5/h7-13,19-20,27H,6,14-18,22H2,1-5H3. The van der Waals surface area contributed by atoms with E-state index < -0.39 is 27.3 Å². The van der Waals surface area contributed by atoms with Crippen LogP contribution in [0.1, 0.15) is 57.2 Å². The second-order valence-electron chi connectivity index (χ2n) is 11.0. The molecule has 11 heteroatoms. The van der Waals surface area contributed by atoms with E-state index in [0.29, 0.717) is 42.9 Å². The molecule has 3 rings (SSSR count). The summed E-state index contributed by atoms with van der Waals surface area (Å²) in [4.78, 5) is 26.2. The van der Waals surface area contributed by atoms with Gasteiger partial charge in [-0.2, -0.15) is 5.26 Å². The zero-order valence-corrected chi connectivity index (χ0v) is 25.6. The Morgan fingerprint density at radius 3 is 2.48 bits per heavy atom. The number of ether oxygens (including phenoxy) is 3. The summed E-state index contributed by atoms with van der Waals surface area (Å²) in [7, 11) is -4.08. The number of amides is 1. The highest BCUT2D eigenvalue weighted by Gasteiger charge is 2.29. The number of hydrogen-bond donors (Lipinski definition) is 0. The highest BCUT2D eigenvalue weighted by molar-refractivity contribution is 7.93. The molecule has 0 unspecified atom stereocenters. The van der Waals surface area contributed by atoms with Gasteiger partial charge in [-0.1, -0.05) is 24.3 Å². The Balaban J connectivity index is 1.75. The zero-order chi connectivity index (χ0) is 30.9. The van der Waals surface area contributed by atoms with Gasteiger partial charge in [-0.05, 0) is 76.1 Å². The molecule has 0 atom stereocenters. The summed E-state index contributed by atoms with van der Waals surface area (Å²) in [6, 6.07) is 14.1. The number of rotatable bonds is 10. The topological polar surface area (TPSA) is 126 Å². The van der Waals surface area contributed by atoms with Gasteiger partial charge in [-0.15, -0.1) is 0 Å². The van der Waals surface area contributed by atoms with Crippen molar-refractivity contribution < 1.29 is 32.2 Å². The lowest BCUT2D eigenvalue weighted by Crippen LogP contribution is -2.44. The molecule has 0 aromatic heterocycles. The highest BCUT2D eigenvalue weighted by atomic mass is 32.2. The van der Waals surface area contributed by atoms with Crippen LogP contribution in [-0.2, 0) is 24.3 Å². The number of carbonyl (C=O) groups is 2. The van der Waals surface area contributed by atoms with E-state index in [-0.39, 0.29) is 25.3 Å². The van der Waals surface area contributed by atoms with Crippen molar-refractivity contribution >= 4 is 33.8 Å². The normalized spacial score (nSPS) is 14.3. The number of aryl methyl sites for hydroxylation is 1. The van der Waals surface area contributed by atoms with Gasteiger partial charge in [0.1, 0.15) is 17.5 Å². The number of nitriles is 1. The second kappa shape index (κ2) is 14.2. The molecule has 2 aromatic carbocycles. The molecular weight excluding hydrogens is 558 g/mol. The van der Waals surface area contributed by atoms with Crippen molar-refractivity contribution in [2.24, 2.45) is 0 Å². The number of piperidine rings is 1. The van der Waals surface area contributed by atoms with Crippen LogP contribution in [0.25, 0.3) is 6.08 Å². The van der Waals surface area contributed by atoms with Crippen molar-refractivity contribution in [1.82, 2.24) is 4.90 Å². The average molecular weight is 598 g/mol. The van der Waals surface area contributed by atoms with E-state index in [9.17, 15) is 18.0 Å². The number of nitrogens with zero attached hydrogens (tertiary/aromatic N) is 3. The van der Waals surface area contributed by atoms with Gasteiger partial charge >= 0.3 is 12.1 Å². The van der Waals surface area contributed by atoms with Crippen LogP contribution in [0.2, 0.25) is 0 Å². The molecular formula is C31H39N3O7S. The summed E-state index contributed by atoms with van der Waals surface area (Å²) in [5, 5.41) is 9.14. The molecule has 1 amide bonds. The van der Waals surface area contributed by atoms with Crippen LogP contribution in [0.15, 0.2) is 48.5 Å². The van der Waals surface area contributed by atoms with Crippen LogP contribution >= 0.6 is 0 Å². The third kappa shape index (κ3) is 9.52. The SMILES string of the molecule is CCOC(=O)CS(=O)(=O)N(CC=Cc1cccc(C#N)c1)c1ccc(OC2CCN(C(=O)OC(C)(C)C)CC2)c(C)c1. The maximum atomic E-state index is 13.3. The van der Waals surface area contributed by atoms with E-state index in [1.807, 2.05) is 33.8 Å². The first-order valence-electron chi connectivity index (χ1n) is 13.9. The molecule has 1 aliphatic rings. The first-order valence-corrected chi connectivity index (χ1v) is 15.5. The second-order valence-corrected chi connectivity index (χ2v) is 12.9. The minimum Gasteiger partial charge on any atom is -0.490 e. The number of sulfonamides is 1. The first kappa shape index (κ1) is 32.5. The fourth-order valence-electron chi connectivity index (χ4n) is 4.39. The van der Waals surface area contributed by atoms with E-state index >= 15 is 0 Å². The summed E-state index contributed by atoms with van der Waals surface area (Å²) >= 11 is 0. The lowest BCUT2D eigenvalue weighted by atomic mass is 10.1. The molecule has 0 saturated carbocycles. The lowest BCUT2D eigenvalue weighted by Gasteiger charge is -2.33. The first-order chi connectivity index (χ1) is 19.8. The maximum Gasteiger partial charge on any atom is 0.410 e. The van der Waals surface area contributed by atoms with E-state index in [0.717, 1.165) is 15.4 Å². The van der Waals surface area contributed by atoms with Crippen molar-refractivity contribution in [1.29, 1.82) is 5.26 Å². The number of esters is 1. The van der Waals surface area contributed by atoms with E-state index in [4.69, 9.17) is 19.5 Å². The Labute approximate surface area is 248 Å². The molecule has 226 valence electrons. The third-order valence-electron chi connectivity index (χ3n) is 6.37. The largest absolute Gasteiger partial charge is 0.490 e. The molecule has 1 heterocycles. The summed E-state index contributed by atoms with van der Waals surface area (Å²) in [5.74, 6) is -1.02.